The topological polar surface area (TPSA) is 78.4 Å². The summed E-state index contributed by atoms with van der Waals surface area (Å²) in [5.41, 5.74) is -1.17. The normalized spacial score (nSPS) is 28.4. The van der Waals surface area contributed by atoms with E-state index in [0.717, 1.165) is 32.1 Å². The summed E-state index contributed by atoms with van der Waals surface area (Å²) < 4.78 is 0. The van der Waals surface area contributed by atoms with Crippen molar-refractivity contribution in [3.8, 4) is 0 Å². The maximum Gasteiger partial charge on any atom is 0.252 e. The van der Waals surface area contributed by atoms with Gasteiger partial charge in [-0.2, -0.15) is 0 Å². The van der Waals surface area contributed by atoms with E-state index in [1.165, 1.54) is 0 Å². The predicted octanol–water partition coefficient (Wildman–Crippen LogP) is 1.49. The van der Waals surface area contributed by atoms with Crippen LogP contribution in [0, 0.1) is 5.92 Å². The van der Waals surface area contributed by atoms with Crippen LogP contribution in [-0.4, -0.2) is 34.6 Å². The number of hydrogen-bond donors (Lipinski definition) is 3. The highest BCUT2D eigenvalue weighted by Gasteiger charge is 2.40. The van der Waals surface area contributed by atoms with E-state index in [9.17, 15) is 14.7 Å². The van der Waals surface area contributed by atoms with Crippen LogP contribution in [0.3, 0.4) is 0 Å². The van der Waals surface area contributed by atoms with Gasteiger partial charge in [0.15, 0.2) is 0 Å². The second kappa shape index (κ2) is 6.77. The van der Waals surface area contributed by atoms with Crippen molar-refractivity contribution in [2.45, 2.75) is 82.9 Å². The quantitative estimate of drug-likeness (QED) is 0.735. The zero-order valence-corrected chi connectivity index (χ0v) is 13.2. The first-order valence-electron chi connectivity index (χ1n) is 8.24. The summed E-state index contributed by atoms with van der Waals surface area (Å²) in [6.07, 6.45) is 6.34. The van der Waals surface area contributed by atoms with Gasteiger partial charge in [-0.15, -0.1) is 0 Å². The lowest BCUT2D eigenvalue weighted by molar-refractivity contribution is -0.140. The zero-order valence-electron chi connectivity index (χ0n) is 13.2. The summed E-state index contributed by atoms with van der Waals surface area (Å²) in [6, 6.07) is 0.158. The van der Waals surface area contributed by atoms with Crippen LogP contribution in [0.4, 0.5) is 0 Å². The van der Waals surface area contributed by atoms with Crippen molar-refractivity contribution in [1.82, 2.24) is 10.6 Å². The SMILES string of the molecule is CC(C)NC(=O)C1CCCC(NC(=O)C2(O)CCCC2)C1. The fourth-order valence-electron chi connectivity index (χ4n) is 3.47. The van der Waals surface area contributed by atoms with Gasteiger partial charge in [0.25, 0.3) is 5.91 Å². The number of carbonyl (C=O) groups is 2. The number of hydrogen-bond acceptors (Lipinski definition) is 3. The highest BCUT2D eigenvalue weighted by atomic mass is 16.3. The molecule has 0 bridgehead atoms. The summed E-state index contributed by atoms with van der Waals surface area (Å²) in [5.74, 6) is -0.178. The van der Waals surface area contributed by atoms with Gasteiger partial charge in [-0.1, -0.05) is 6.42 Å². The molecule has 120 valence electrons. The predicted molar refractivity (Wildman–Crippen MR) is 80.6 cm³/mol. The molecule has 0 aliphatic heterocycles. The molecule has 5 heteroatoms. The molecule has 2 atom stereocenters. The minimum atomic E-state index is -1.17. The minimum absolute atomic E-state index is 0.0128. The van der Waals surface area contributed by atoms with Gasteiger partial charge in [0.2, 0.25) is 5.91 Å². The van der Waals surface area contributed by atoms with E-state index in [1.807, 2.05) is 13.8 Å². The monoisotopic (exact) mass is 296 g/mol. The van der Waals surface area contributed by atoms with Crippen LogP contribution < -0.4 is 10.6 Å². The summed E-state index contributed by atoms with van der Waals surface area (Å²) >= 11 is 0. The van der Waals surface area contributed by atoms with Crippen LogP contribution in [0.5, 0.6) is 0 Å². The minimum Gasteiger partial charge on any atom is -0.380 e. The highest BCUT2D eigenvalue weighted by Crippen LogP contribution is 2.31. The molecule has 2 rings (SSSR count). The fraction of sp³-hybridized carbons (Fsp3) is 0.875. The number of amides is 2. The molecule has 0 spiro atoms. The van der Waals surface area contributed by atoms with Gasteiger partial charge in [-0.05, 0) is 58.8 Å². The molecule has 0 aromatic rings. The Morgan fingerprint density at radius 3 is 2.43 bits per heavy atom. The lowest BCUT2D eigenvalue weighted by Gasteiger charge is -2.32. The maximum absolute atomic E-state index is 12.2. The van der Waals surface area contributed by atoms with E-state index in [1.54, 1.807) is 0 Å². The molecule has 0 aromatic heterocycles. The number of nitrogens with one attached hydrogen (secondary N) is 2. The average molecular weight is 296 g/mol. The van der Waals surface area contributed by atoms with E-state index in [0.29, 0.717) is 19.3 Å². The molecule has 2 aliphatic rings. The molecular weight excluding hydrogens is 268 g/mol. The van der Waals surface area contributed by atoms with Gasteiger partial charge in [0.1, 0.15) is 5.60 Å². The summed E-state index contributed by atoms with van der Waals surface area (Å²) in [4.78, 5) is 24.3. The van der Waals surface area contributed by atoms with Crippen LogP contribution in [-0.2, 0) is 9.59 Å². The van der Waals surface area contributed by atoms with Crippen LogP contribution in [0.15, 0.2) is 0 Å². The van der Waals surface area contributed by atoms with Crippen molar-refractivity contribution in [1.29, 1.82) is 0 Å². The Balaban J connectivity index is 1.86. The Morgan fingerprint density at radius 2 is 1.81 bits per heavy atom. The first-order valence-corrected chi connectivity index (χ1v) is 8.24. The maximum atomic E-state index is 12.2. The molecule has 2 unspecified atom stereocenters. The lowest BCUT2D eigenvalue weighted by Crippen LogP contribution is -2.51. The Morgan fingerprint density at radius 1 is 1.14 bits per heavy atom. The number of aliphatic hydroxyl groups is 1. The molecule has 0 saturated heterocycles. The molecule has 0 radical (unpaired) electrons. The van der Waals surface area contributed by atoms with Crippen LogP contribution in [0.1, 0.15) is 65.2 Å². The van der Waals surface area contributed by atoms with Crippen LogP contribution in [0.25, 0.3) is 0 Å². The molecule has 5 nitrogen and oxygen atoms in total. The van der Waals surface area contributed by atoms with Crippen molar-refractivity contribution < 1.29 is 14.7 Å². The summed E-state index contributed by atoms with van der Waals surface area (Å²) in [6.45, 7) is 3.91. The van der Waals surface area contributed by atoms with Gasteiger partial charge >= 0.3 is 0 Å². The molecule has 2 amide bonds. The first-order chi connectivity index (χ1) is 9.90. The number of carbonyl (C=O) groups excluding carboxylic acids is 2. The Kier molecular flexibility index (Phi) is 5.25. The van der Waals surface area contributed by atoms with E-state index in [-0.39, 0.29) is 29.8 Å². The third-order valence-corrected chi connectivity index (χ3v) is 4.66. The van der Waals surface area contributed by atoms with Crippen LogP contribution >= 0.6 is 0 Å². The van der Waals surface area contributed by atoms with Gasteiger partial charge in [-0.25, -0.2) is 0 Å². The number of rotatable bonds is 4. The van der Waals surface area contributed by atoms with Crippen molar-refractivity contribution >= 4 is 11.8 Å². The molecule has 3 N–H and O–H groups in total. The van der Waals surface area contributed by atoms with E-state index in [4.69, 9.17) is 0 Å². The summed E-state index contributed by atoms with van der Waals surface area (Å²) in [5, 5.41) is 16.2. The average Bonchev–Trinajstić information content (AvgIpc) is 2.86. The third kappa shape index (κ3) is 4.19. The van der Waals surface area contributed by atoms with Gasteiger partial charge in [0, 0.05) is 18.0 Å². The second-order valence-electron chi connectivity index (χ2n) is 6.94. The molecule has 2 fully saturated rings. The third-order valence-electron chi connectivity index (χ3n) is 4.66. The fourth-order valence-corrected chi connectivity index (χ4v) is 3.47. The lowest BCUT2D eigenvalue weighted by atomic mass is 9.84. The second-order valence-corrected chi connectivity index (χ2v) is 6.94. The van der Waals surface area contributed by atoms with Gasteiger partial charge in [0.05, 0.1) is 0 Å². The molecule has 2 saturated carbocycles. The van der Waals surface area contributed by atoms with Gasteiger partial charge < -0.3 is 15.7 Å². The summed E-state index contributed by atoms with van der Waals surface area (Å²) in [7, 11) is 0. The Bertz CT molecular complexity index is 389. The molecule has 21 heavy (non-hydrogen) atoms. The Labute approximate surface area is 126 Å². The zero-order chi connectivity index (χ0) is 15.5. The van der Waals surface area contributed by atoms with Gasteiger partial charge in [-0.3, -0.25) is 9.59 Å². The van der Waals surface area contributed by atoms with Crippen molar-refractivity contribution in [2.75, 3.05) is 0 Å². The molecule has 0 aromatic carbocycles. The Hall–Kier alpha value is -1.10. The van der Waals surface area contributed by atoms with Crippen molar-refractivity contribution in [3.05, 3.63) is 0 Å². The molecular formula is C16H28N2O3. The van der Waals surface area contributed by atoms with E-state index in [2.05, 4.69) is 10.6 Å². The molecule has 2 aliphatic carbocycles. The van der Waals surface area contributed by atoms with Crippen molar-refractivity contribution in [2.24, 2.45) is 5.92 Å². The van der Waals surface area contributed by atoms with E-state index >= 15 is 0 Å². The van der Waals surface area contributed by atoms with Crippen molar-refractivity contribution in [3.63, 3.8) is 0 Å². The van der Waals surface area contributed by atoms with E-state index < -0.39 is 5.60 Å². The standard InChI is InChI=1S/C16H28N2O3/c1-11(2)17-14(19)12-6-5-7-13(10-12)18-15(20)16(21)8-3-4-9-16/h11-13,21H,3-10H2,1-2H3,(H,17,19)(H,18,20). The van der Waals surface area contributed by atoms with Crippen LogP contribution in [0.2, 0.25) is 0 Å². The largest absolute Gasteiger partial charge is 0.380 e. The first kappa shape index (κ1) is 16.3. The highest BCUT2D eigenvalue weighted by molar-refractivity contribution is 5.85. The molecule has 0 heterocycles. The smallest absolute Gasteiger partial charge is 0.252 e.